The van der Waals surface area contributed by atoms with Gasteiger partial charge >= 0.3 is 0 Å². The van der Waals surface area contributed by atoms with E-state index in [0.717, 1.165) is 16.5 Å². The summed E-state index contributed by atoms with van der Waals surface area (Å²) in [6, 6.07) is 7.12. The zero-order valence-electron chi connectivity index (χ0n) is 8.90. The average Bonchev–Trinajstić information content (AvgIpc) is 2.23. The van der Waals surface area contributed by atoms with Gasteiger partial charge in [0.25, 0.3) is 5.56 Å². The van der Waals surface area contributed by atoms with Gasteiger partial charge in [-0.25, -0.2) is 0 Å². The second kappa shape index (κ2) is 4.28. The second-order valence-corrected chi connectivity index (χ2v) is 4.13. The van der Waals surface area contributed by atoms with Crippen molar-refractivity contribution in [3.8, 4) is 0 Å². The van der Waals surface area contributed by atoms with E-state index in [-0.39, 0.29) is 18.7 Å². The van der Waals surface area contributed by atoms with Crippen molar-refractivity contribution in [2.24, 2.45) is 0 Å². The van der Waals surface area contributed by atoms with Crippen LogP contribution in [0.15, 0.2) is 29.1 Å². The summed E-state index contributed by atoms with van der Waals surface area (Å²) in [5, 5.41) is 10.2. The highest BCUT2D eigenvalue weighted by molar-refractivity contribution is 6.35. The molecule has 1 aromatic carbocycles. The molecule has 0 amide bonds. The number of halogens is 1. The van der Waals surface area contributed by atoms with Gasteiger partial charge in [0.1, 0.15) is 0 Å². The molecule has 84 valence electrons. The number of pyridine rings is 1. The lowest BCUT2D eigenvalue weighted by Crippen LogP contribution is -2.21. The molecule has 1 aromatic heterocycles. The third-order valence-electron chi connectivity index (χ3n) is 2.54. The number of aliphatic hydroxyl groups excluding tert-OH is 1. The standard InChI is InChI=1S/C12H12ClNO2/c1-8-2-3-9-10(13)7-12(16)14(4-5-15)11(9)6-8/h2-3,6-7,15H,4-5H2,1H3. The first-order valence-corrected chi connectivity index (χ1v) is 5.42. The fourth-order valence-corrected chi connectivity index (χ4v) is 2.03. The SMILES string of the molecule is Cc1ccc2c(Cl)cc(=O)n(CCO)c2c1. The number of fused-ring (bicyclic) bond motifs is 1. The molecule has 0 aliphatic carbocycles. The number of aliphatic hydroxyl groups is 1. The molecule has 0 fully saturated rings. The average molecular weight is 238 g/mol. The third-order valence-corrected chi connectivity index (χ3v) is 2.85. The Balaban J connectivity index is 2.86. The van der Waals surface area contributed by atoms with E-state index in [1.165, 1.54) is 10.6 Å². The molecule has 1 heterocycles. The highest BCUT2D eigenvalue weighted by Gasteiger charge is 2.06. The van der Waals surface area contributed by atoms with E-state index in [1.54, 1.807) is 0 Å². The van der Waals surface area contributed by atoms with E-state index in [9.17, 15) is 4.79 Å². The zero-order valence-corrected chi connectivity index (χ0v) is 9.66. The van der Waals surface area contributed by atoms with Gasteiger partial charge in [0.2, 0.25) is 0 Å². The highest BCUT2D eigenvalue weighted by Crippen LogP contribution is 2.22. The number of hydrogen-bond donors (Lipinski definition) is 1. The van der Waals surface area contributed by atoms with Gasteiger partial charge in [-0.1, -0.05) is 23.7 Å². The van der Waals surface area contributed by atoms with Crippen LogP contribution in [0.4, 0.5) is 0 Å². The van der Waals surface area contributed by atoms with Crippen molar-refractivity contribution in [3.05, 3.63) is 45.2 Å². The largest absolute Gasteiger partial charge is 0.395 e. The molecule has 0 spiro atoms. The van der Waals surface area contributed by atoms with E-state index in [0.29, 0.717) is 5.02 Å². The first kappa shape index (κ1) is 11.2. The molecular formula is C12H12ClNO2. The molecule has 16 heavy (non-hydrogen) atoms. The molecule has 2 aromatic rings. The molecule has 0 unspecified atom stereocenters. The van der Waals surface area contributed by atoms with Crippen molar-refractivity contribution < 1.29 is 5.11 Å². The van der Waals surface area contributed by atoms with Gasteiger partial charge in [0.15, 0.2) is 0 Å². The number of benzene rings is 1. The van der Waals surface area contributed by atoms with Gasteiger partial charge < -0.3 is 9.67 Å². The lowest BCUT2D eigenvalue weighted by Gasteiger charge is -2.10. The van der Waals surface area contributed by atoms with Crippen LogP contribution in [0.1, 0.15) is 5.56 Å². The van der Waals surface area contributed by atoms with Gasteiger partial charge in [-0.2, -0.15) is 0 Å². The smallest absolute Gasteiger partial charge is 0.252 e. The molecule has 3 nitrogen and oxygen atoms in total. The number of hydrogen-bond acceptors (Lipinski definition) is 2. The van der Waals surface area contributed by atoms with Crippen molar-refractivity contribution >= 4 is 22.5 Å². The van der Waals surface area contributed by atoms with E-state index in [1.807, 2.05) is 25.1 Å². The van der Waals surface area contributed by atoms with Crippen LogP contribution in [0.3, 0.4) is 0 Å². The van der Waals surface area contributed by atoms with E-state index < -0.39 is 0 Å². The molecule has 4 heteroatoms. The quantitative estimate of drug-likeness (QED) is 0.868. The summed E-state index contributed by atoms with van der Waals surface area (Å²) >= 11 is 6.01. The first-order chi connectivity index (χ1) is 7.63. The molecule has 0 saturated carbocycles. The van der Waals surface area contributed by atoms with Crippen molar-refractivity contribution in [2.45, 2.75) is 13.5 Å². The maximum Gasteiger partial charge on any atom is 0.252 e. The van der Waals surface area contributed by atoms with Crippen molar-refractivity contribution in [1.29, 1.82) is 0 Å². The Labute approximate surface area is 97.9 Å². The van der Waals surface area contributed by atoms with Crippen LogP contribution in [-0.2, 0) is 6.54 Å². The molecule has 1 N–H and O–H groups in total. The maximum absolute atomic E-state index is 11.7. The minimum absolute atomic E-state index is 0.0649. The number of nitrogens with zero attached hydrogens (tertiary/aromatic N) is 1. The Morgan fingerprint density at radius 3 is 2.81 bits per heavy atom. The van der Waals surface area contributed by atoms with Gasteiger partial charge in [-0.3, -0.25) is 4.79 Å². The minimum Gasteiger partial charge on any atom is -0.395 e. The van der Waals surface area contributed by atoms with Gasteiger partial charge in [0, 0.05) is 18.0 Å². The Morgan fingerprint density at radius 2 is 2.12 bits per heavy atom. The van der Waals surface area contributed by atoms with Crippen molar-refractivity contribution in [1.82, 2.24) is 4.57 Å². The summed E-state index contributed by atoms with van der Waals surface area (Å²) in [5.41, 5.74) is 1.64. The monoisotopic (exact) mass is 237 g/mol. The van der Waals surface area contributed by atoms with Crippen LogP contribution >= 0.6 is 11.6 Å². The van der Waals surface area contributed by atoms with Crippen LogP contribution in [0.25, 0.3) is 10.9 Å². The molecule has 0 saturated heterocycles. The van der Waals surface area contributed by atoms with Crippen LogP contribution in [-0.4, -0.2) is 16.3 Å². The van der Waals surface area contributed by atoms with E-state index in [4.69, 9.17) is 16.7 Å². The van der Waals surface area contributed by atoms with Gasteiger partial charge in [-0.05, 0) is 18.6 Å². The Kier molecular flexibility index (Phi) is 2.99. The number of aromatic nitrogens is 1. The molecule has 0 radical (unpaired) electrons. The molecule has 0 aliphatic rings. The van der Waals surface area contributed by atoms with Gasteiger partial charge in [0.05, 0.1) is 17.1 Å². The zero-order chi connectivity index (χ0) is 11.7. The van der Waals surface area contributed by atoms with E-state index >= 15 is 0 Å². The van der Waals surface area contributed by atoms with E-state index in [2.05, 4.69) is 0 Å². The summed E-state index contributed by atoms with van der Waals surface area (Å²) in [6.45, 7) is 2.18. The third kappa shape index (κ3) is 1.84. The predicted octanol–water partition coefficient (Wildman–Crippen LogP) is 1.96. The second-order valence-electron chi connectivity index (χ2n) is 3.73. The number of rotatable bonds is 2. The van der Waals surface area contributed by atoms with Crippen LogP contribution in [0, 0.1) is 6.92 Å². The summed E-state index contributed by atoms with van der Waals surface area (Å²) in [4.78, 5) is 11.7. The Morgan fingerprint density at radius 1 is 1.38 bits per heavy atom. The molecule has 0 aliphatic heterocycles. The summed E-state index contributed by atoms with van der Waals surface area (Å²) in [7, 11) is 0. The van der Waals surface area contributed by atoms with Crippen LogP contribution in [0.2, 0.25) is 5.02 Å². The molecule has 0 bridgehead atoms. The summed E-state index contributed by atoms with van der Waals surface area (Å²) in [5.74, 6) is 0. The molecule has 0 atom stereocenters. The van der Waals surface area contributed by atoms with Crippen LogP contribution < -0.4 is 5.56 Å². The maximum atomic E-state index is 11.7. The van der Waals surface area contributed by atoms with Crippen molar-refractivity contribution in [3.63, 3.8) is 0 Å². The van der Waals surface area contributed by atoms with Crippen molar-refractivity contribution in [2.75, 3.05) is 6.61 Å². The highest BCUT2D eigenvalue weighted by atomic mass is 35.5. The Hall–Kier alpha value is -1.32. The van der Waals surface area contributed by atoms with Crippen LogP contribution in [0.5, 0.6) is 0 Å². The lowest BCUT2D eigenvalue weighted by molar-refractivity contribution is 0.276. The first-order valence-electron chi connectivity index (χ1n) is 5.04. The van der Waals surface area contributed by atoms with Gasteiger partial charge in [-0.15, -0.1) is 0 Å². The predicted molar refractivity (Wildman–Crippen MR) is 65.0 cm³/mol. The molecule has 2 rings (SSSR count). The minimum atomic E-state index is -0.183. The molecular weight excluding hydrogens is 226 g/mol. The summed E-state index contributed by atoms with van der Waals surface area (Å²) in [6.07, 6.45) is 0. The topological polar surface area (TPSA) is 42.2 Å². The normalized spacial score (nSPS) is 10.9. The Bertz CT molecular complexity index is 589. The lowest BCUT2D eigenvalue weighted by atomic mass is 10.1. The fraction of sp³-hybridized carbons (Fsp3) is 0.250. The number of aryl methyl sites for hydroxylation is 1. The summed E-state index contributed by atoms with van der Waals surface area (Å²) < 4.78 is 1.54. The fourth-order valence-electron chi connectivity index (χ4n) is 1.78.